The summed E-state index contributed by atoms with van der Waals surface area (Å²) in [4.78, 5) is 14.2. The Hall–Kier alpha value is -2.11. The topological polar surface area (TPSA) is 76.5 Å². The van der Waals surface area contributed by atoms with Gasteiger partial charge in [-0.2, -0.15) is 0 Å². The molecule has 1 aromatic heterocycles. The highest BCUT2D eigenvalue weighted by molar-refractivity contribution is 6.32. The van der Waals surface area contributed by atoms with Crippen molar-refractivity contribution in [1.82, 2.24) is 19.8 Å². The third-order valence-electron chi connectivity index (χ3n) is 4.72. The highest BCUT2D eigenvalue weighted by atomic mass is 35.5. The zero-order chi connectivity index (χ0) is 19.9. The maximum atomic E-state index is 8.90. The molecule has 0 saturated carbocycles. The molecule has 2 aromatic rings. The first-order valence-corrected chi connectivity index (χ1v) is 9.98. The van der Waals surface area contributed by atoms with Crippen molar-refractivity contribution in [1.29, 1.82) is 0 Å². The molecule has 0 unspecified atom stereocenters. The van der Waals surface area contributed by atoms with E-state index in [0.717, 1.165) is 57.4 Å². The number of anilines is 2. The lowest BCUT2D eigenvalue weighted by atomic mass is 10.2. The van der Waals surface area contributed by atoms with Crippen molar-refractivity contribution in [3.63, 3.8) is 0 Å². The molecular formula is C20H27ClN6O. The quantitative estimate of drug-likeness (QED) is 0.635. The van der Waals surface area contributed by atoms with E-state index in [1.165, 1.54) is 0 Å². The van der Waals surface area contributed by atoms with Crippen LogP contribution in [0.2, 0.25) is 5.02 Å². The lowest BCUT2D eigenvalue weighted by Gasteiger charge is -2.32. The van der Waals surface area contributed by atoms with Crippen LogP contribution >= 0.6 is 11.6 Å². The van der Waals surface area contributed by atoms with Crippen LogP contribution in [0.3, 0.4) is 0 Å². The Labute approximate surface area is 171 Å². The molecule has 1 aliphatic heterocycles. The molecule has 8 heteroatoms. The third-order valence-corrected chi connectivity index (χ3v) is 5.03. The second-order valence-electron chi connectivity index (χ2n) is 6.80. The number of rotatable bonds is 6. The number of fused-ring (bicyclic) bond motifs is 1. The number of aliphatic hydroxyl groups is 1. The minimum absolute atomic E-state index is 0.209. The van der Waals surface area contributed by atoms with Gasteiger partial charge in [0.05, 0.1) is 16.1 Å². The molecule has 3 rings (SSSR count). The normalized spacial score (nSPS) is 15.3. The van der Waals surface area contributed by atoms with E-state index >= 15 is 0 Å². The van der Waals surface area contributed by atoms with Crippen LogP contribution in [0.25, 0.3) is 11.0 Å². The molecule has 0 amide bonds. The zero-order valence-corrected chi connectivity index (χ0v) is 17.2. The van der Waals surface area contributed by atoms with Gasteiger partial charge >= 0.3 is 0 Å². The van der Waals surface area contributed by atoms with Gasteiger partial charge in [-0.3, -0.25) is 4.90 Å². The summed E-state index contributed by atoms with van der Waals surface area (Å²) in [5, 5.41) is 16.1. The smallest absolute Gasteiger partial charge is 0.169 e. The Bertz CT molecular complexity index is 870. The second kappa shape index (κ2) is 9.89. The van der Waals surface area contributed by atoms with Gasteiger partial charge in [-0.15, -0.1) is 0 Å². The number of aliphatic hydroxyl groups excluding tert-OH is 1. The molecule has 1 fully saturated rings. The summed E-state index contributed by atoms with van der Waals surface area (Å²) in [5.74, 6) is 6.92. The van der Waals surface area contributed by atoms with E-state index in [0.29, 0.717) is 21.6 Å². The molecule has 1 saturated heterocycles. The number of hydrogen-bond donors (Lipinski definition) is 3. The van der Waals surface area contributed by atoms with Crippen LogP contribution in [0.5, 0.6) is 0 Å². The van der Waals surface area contributed by atoms with Crippen molar-refractivity contribution >= 4 is 34.3 Å². The van der Waals surface area contributed by atoms with Crippen LogP contribution in [0, 0.1) is 11.8 Å². The maximum Gasteiger partial charge on any atom is 0.169 e. The number of likely N-dealkylation sites (N-methyl/N-ethyl adjacent to an activating group) is 1. The van der Waals surface area contributed by atoms with Crippen molar-refractivity contribution in [3.05, 3.63) is 22.7 Å². The van der Waals surface area contributed by atoms with Crippen LogP contribution in [-0.4, -0.2) is 84.3 Å². The average molecular weight is 403 g/mol. The summed E-state index contributed by atoms with van der Waals surface area (Å²) in [6, 6.07) is 3.58. The number of aromatic nitrogens is 2. The third kappa shape index (κ3) is 5.24. The monoisotopic (exact) mass is 402 g/mol. The minimum atomic E-state index is -0.209. The fourth-order valence-electron chi connectivity index (χ4n) is 3.13. The largest absolute Gasteiger partial charge is 0.384 e. The van der Waals surface area contributed by atoms with Crippen molar-refractivity contribution in [3.8, 4) is 11.8 Å². The maximum absolute atomic E-state index is 8.90. The van der Waals surface area contributed by atoms with E-state index in [2.05, 4.69) is 39.3 Å². The minimum Gasteiger partial charge on any atom is -0.384 e. The average Bonchev–Trinajstić information content (AvgIpc) is 2.69. The van der Waals surface area contributed by atoms with Crippen LogP contribution in [0.4, 0.5) is 11.6 Å². The number of nitrogens with one attached hydrogen (secondary N) is 2. The molecule has 2 heterocycles. The molecule has 0 bridgehead atoms. The first kappa shape index (κ1) is 20.6. The molecule has 28 heavy (non-hydrogen) atoms. The van der Waals surface area contributed by atoms with Gasteiger partial charge in [-0.1, -0.05) is 23.4 Å². The van der Waals surface area contributed by atoms with Gasteiger partial charge in [0.2, 0.25) is 0 Å². The summed E-state index contributed by atoms with van der Waals surface area (Å²) >= 11 is 6.31. The highest BCUT2D eigenvalue weighted by Gasteiger charge is 2.14. The summed E-state index contributed by atoms with van der Waals surface area (Å²) in [5.41, 5.74) is 2.06. The fourth-order valence-corrected chi connectivity index (χ4v) is 3.33. The lowest BCUT2D eigenvalue weighted by Crippen LogP contribution is -2.45. The number of benzene rings is 1. The lowest BCUT2D eigenvalue weighted by molar-refractivity contribution is 0.158. The number of halogens is 1. The van der Waals surface area contributed by atoms with Crippen molar-refractivity contribution < 1.29 is 5.11 Å². The van der Waals surface area contributed by atoms with E-state index in [4.69, 9.17) is 26.7 Å². The Morgan fingerprint density at radius 1 is 1.11 bits per heavy atom. The summed E-state index contributed by atoms with van der Waals surface area (Å²) in [6.07, 6.45) is 0. The fraction of sp³-hybridized carbons (Fsp3) is 0.500. The van der Waals surface area contributed by atoms with Gasteiger partial charge in [0.25, 0.3) is 0 Å². The SMILES string of the molecule is CCNc1nc2cc(C#CCO)c(Cl)cc2nc1NCCN1CCN(C)CC1. The highest BCUT2D eigenvalue weighted by Crippen LogP contribution is 2.26. The molecular weight excluding hydrogens is 376 g/mol. The van der Waals surface area contributed by atoms with Gasteiger partial charge in [-0.05, 0) is 26.1 Å². The predicted molar refractivity (Wildman–Crippen MR) is 115 cm³/mol. The predicted octanol–water partition coefficient (Wildman–Crippen LogP) is 1.72. The molecule has 150 valence electrons. The van der Waals surface area contributed by atoms with Gasteiger partial charge in [0.15, 0.2) is 11.6 Å². The van der Waals surface area contributed by atoms with E-state index in [1.54, 1.807) is 6.07 Å². The van der Waals surface area contributed by atoms with Gasteiger partial charge < -0.3 is 20.6 Å². The molecule has 3 N–H and O–H groups in total. The molecule has 1 aliphatic rings. The number of nitrogens with zero attached hydrogens (tertiary/aromatic N) is 4. The van der Waals surface area contributed by atoms with Crippen molar-refractivity contribution in [2.45, 2.75) is 6.92 Å². The second-order valence-corrected chi connectivity index (χ2v) is 7.21. The molecule has 0 spiro atoms. The van der Waals surface area contributed by atoms with Crippen molar-refractivity contribution in [2.75, 3.05) is 70.1 Å². The molecule has 1 aromatic carbocycles. The summed E-state index contributed by atoms with van der Waals surface area (Å²) in [7, 11) is 2.16. The van der Waals surface area contributed by atoms with Crippen LogP contribution in [0.15, 0.2) is 12.1 Å². The summed E-state index contributed by atoms with van der Waals surface area (Å²) in [6.45, 7) is 8.74. The molecule has 0 atom stereocenters. The van der Waals surface area contributed by atoms with Crippen LogP contribution in [-0.2, 0) is 0 Å². The molecule has 7 nitrogen and oxygen atoms in total. The number of hydrogen-bond acceptors (Lipinski definition) is 7. The Morgan fingerprint density at radius 2 is 1.79 bits per heavy atom. The van der Waals surface area contributed by atoms with Crippen LogP contribution < -0.4 is 10.6 Å². The first-order valence-electron chi connectivity index (χ1n) is 9.60. The van der Waals surface area contributed by atoms with E-state index in [-0.39, 0.29) is 6.61 Å². The van der Waals surface area contributed by atoms with Crippen LogP contribution in [0.1, 0.15) is 12.5 Å². The Balaban J connectivity index is 1.77. The molecule has 0 aliphatic carbocycles. The Morgan fingerprint density at radius 3 is 2.46 bits per heavy atom. The standard InChI is InChI=1S/C20H27ClN6O/c1-3-22-19-20(23-6-7-27-10-8-26(2)9-11-27)25-18-14-16(21)15(5-4-12-28)13-17(18)24-19/h13-14,28H,3,6-12H2,1-2H3,(H,22,24)(H,23,25). The van der Waals surface area contributed by atoms with E-state index < -0.39 is 0 Å². The van der Waals surface area contributed by atoms with Gasteiger partial charge in [0.1, 0.15) is 6.61 Å². The molecule has 0 radical (unpaired) electrons. The van der Waals surface area contributed by atoms with Gasteiger partial charge in [0, 0.05) is 51.4 Å². The van der Waals surface area contributed by atoms with E-state index in [1.807, 2.05) is 13.0 Å². The first-order chi connectivity index (χ1) is 13.6. The van der Waals surface area contributed by atoms with Crippen molar-refractivity contribution in [2.24, 2.45) is 0 Å². The zero-order valence-electron chi connectivity index (χ0n) is 16.4. The Kier molecular flexibility index (Phi) is 7.29. The van der Waals surface area contributed by atoms with E-state index in [9.17, 15) is 0 Å². The van der Waals surface area contributed by atoms with Gasteiger partial charge in [-0.25, -0.2) is 9.97 Å². The summed E-state index contributed by atoms with van der Waals surface area (Å²) < 4.78 is 0. The number of piperazine rings is 1.